The molecule has 0 radical (unpaired) electrons. The quantitative estimate of drug-likeness (QED) is 0.385. The number of esters is 1. The largest absolute Gasteiger partial charge is 0.457 e. The van der Waals surface area contributed by atoms with Gasteiger partial charge in [0.1, 0.15) is 22.0 Å². The van der Waals surface area contributed by atoms with Gasteiger partial charge >= 0.3 is 5.97 Å². The predicted molar refractivity (Wildman–Crippen MR) is 110 cm³/mol. The van der Waals surface area contributed by atoms with Gasteiger partial charge in [-0.1, -0.05) is 47.5 Å². The van der Waals surface area contributed by atoms with Crippen LogP contribution in [0.4, 0.5) is 0 Å². The van der Waals surface area contributed by atoms with E-state index in [0.29, 0.717) is 14.9 Å². The lowest BCUT2D eigenvalue weighted by atomic mass is 10.1. The van der Waals surface area contributed by atoms with Crippen LogP contribution in [0.3, 0.4) is 0 Å². The first-order valence-electron chi connectivity index (χ1n) is 8.15. The normalized spacial score (nSPS) is 11.1. The summed E-state index contributed by atoms with van der Waals surface area (Å²) in [4.78, 5) is 13.9. The van der Waals surface area contributed by atoms with Crippen molar-refractivity contribution < 1.29 is 9.53 Å². The van der Waals surface area contributed by atoms with Gasteiger partial charge in [-0.3, -0.25) is 4.68 Å². The second-order valence-electron chi connectivity index (χ2n) is 6.01. The molecular weight excluding hydrogens is 403 g/mol. The van der Waals surface area contributed by atoms with Crippen LogP contribution in [0.1, 0.15) is 15.2 Å². The summed E-state index contributed by atoms with van der Waals surface area (Å²) in [5.74, 6) is -0.354. The molecule has 4 rings (SSSR count). The molecule has 2 heterocycles. The molecule has 2 aromatic heterocycles. The molecule has 2 aromatic carbocycles. The Morgan fingerprint density at radius 3 is 2.37 bits per heavy atom. The first kappa shape index (κ1) is 18.0. The molecule has 0 saturated heterocycles. The Bertz CT molecular complexity index is 1120. The topological polar surface area (TPSA) is 44.1 Å². The molecule has 4 nitrogen and oxygen atoms in total. The number of hydrogen-bond donors (Lipinski definition) is 0. The molecule has 7 heteroatoms. The molecule has 0 amide bonds. The van der Waals surface area contributed by atoms with Crippen LogP contribution in [0.5, 0.6) is 0 Å². The highest BCUT2D eigenvalue weighted by atomic mass is 35.5. The van der Waals surface area contributed by atoms with Crippen LogP contribution < -0.4 is 0 Å². The highest BCUT2D eigenvalue weighted by Crippen LogP contribution is 2.34. The zero-order chi connectivity index (χ0) is 19.0. The molecule has 4 aromatic rings. The van der Waals surface area contributed by atoms with Gasteiger partial charge in [-0.25, -0.2) is 4.79 Å². The highest BCUT2D eigenvalue weighted by molar-refractivity contribution is 7.20. The molecule has 0 fully saturated rings. The maximum Gasteiger partial charge on any atom is 0.348 e. The van der Waals surface area contributed by atoms with E-state index in [-0.39, 0.29) is 12.6 Å². The number of benzene rings is 2. The summed E-state index contributed by atoms with van der Waals surface area (Å²) < 4.78 is 7.21. The summed E-state index contributed by atoms with van der Waals surface area (Å²) in [6, 6.07) is 16.5. The lowest BCUT2D eigenvalue weighted by Crippen LogP contribution is -2.03. The molecule has 0 N–H and O–H groups in total. The number of aryl methyl sites for hydroxylation is 1. The third-order valence-corrected chi connectivity index (χ3v) is 5.80. The second kappa shape index (κ2) is 7.35. The van der Waals surface area contributed by atoms with E-state index in [9.17, 15) is 4.79 Å². The fourth-order valence-electron chi connectivity index (χ4n) is 2.76. The molecule has 0 atom stereocenters. The smallest absolute Gasteiger partial charge is 0.348 e. The van der Waals surface area contributed by atoms with Gasteiger partial charge in [0, 0.05) is 28.0 Å². The van der Waals surface area contributed by atoms with Crippen molar-refractivity contribution in [3.8, 4) is 11.3 Å². The number of hydrogen-bond acceptors (Lipinski definition) is 4. The van der Waals surface area contributed by atoms with Crippen LogP contribution in [0, 0.1) is 0 Å². The van der Waals surface area contributed by atoms with Crippen LogP contribution >= 0.6 is 34.5 Å². The second-order valence-corrected chi connectivity index (χ2v) is 7.91. The lowest BCUT2D eigenvalue weighted by molar-refractivity contribution is 0.0478. The maximum atomic E-state index is 12.5. The minimum absolute atomic E-state index is 0.201. The van der Waals surface area contributed by atoms with Crippen molar-refractivity contribution in [2.24, 2.45) is 7.05 Å². The summed E-state index contributed by atoms with van der Waals surface area (Å²) in [6.45, 7) is 0.201. The Hall–Kier alpha value is -2.34. The van der Waals surface area contributed by atoms with E-state index < -0.39 is 0 Å². The fourth-order valence-corrected chi connectivity index (χ4v) is 3.98. The Morgan fingerprint density at radius 2 is 1.70 bits per heavy atom. The molecule has 0 unspecified atom stereocenters. The average Bonchev–Trinajstić information content (AvgIpc) is 3.23. The van der Waals surface area contributed by atoms with Crippen LogP contribution in [0.25, 0.3) is 21.5 Å². The standard InChI is InChI=1S/C20H14Cl2N2O2S/c1-24-19-16(18(23-24)13-4-8-15(22)9-5-13)10-17(27-19)20(25)26-11-12-2-6-14(21)7-3-12/h2-10H,11H2,1H3. The lowest BCUT2D eigenvalue weighted by Gasteiger charge is -2.03. The summed E-state index contributed by atoms with van der Waals surface area (Å²) in [5.41, 5.74) is 2.65. The number of carbonyl (C=O) groups is 1. The average molecular weight is 417 g/mol. The number of fused-ring (bicyclic) bond motifs is 1. The van der Waals surface area contributed by atoms with Gasteiger partial charge in [0.05, 0.1) is 0 Å². The summed E-state index contributed by atoms with van der Waals surface area (Å²) >= 11 is 13.2. The van der Waals surface area contributed by atoms with Crippen molar-refractivity contribution in [1.82, 2.24) is 9.78 Å². The van der Waals surface area contributed by atoms with Crippen molar-refractivity contribution in [3.05, 3.63) is 75.1 Å². The number of rotatable bonds is 4. The predicted octanol–water partition coefficient (Wildman–Crippen LogP) is 5.97. The molecule has 136 valence electrons. The SMILES string of the molecule is Cn1nc(-c2ccc(Cl)cc2)c2cc(C(=O)OCc3ccc(Cl)cc3)sc21. The Morgan fingerprint density at radius 1 is 1.07 bits per heavy atom. The molecule has 0 aliphatic carbocycles. The van der Waals surface area contributed by atoms with Crippen molar-refractivity contribution >= 4 is 50.7 Å². The highest BCUT2D eigenvalue weighted by Gasteiger charge is 2.18. The molecular formula is C20H14Cl2N2O2S. The van der Waals surface area contributed by atoms with Crippen molar-refractivity contribution in [1.29, 1.82) is 0 Å². The van der Waals surface area contributed by atoms with Gasteiger partial charge in [0.25, 0.3) is 0 Å². The van der Waals surface area contributed by atoms with Gasteiger partial charge in [-0.05, 0) is 35.9 Å². The molecule has 0 spiro atoms. The summed E-state index contributed by atoms with van der Waals surface area (Å²) in [5, 5.41) is 6.81. The molecule has 0 aliphatic heterocycles. The first-order valence-corrected chi connectivity index (χ1v) is 9.72. The Labute approximate surface area is 169 Å². The van der Waals surface area contributed by atoms with Crippen molar-refractivity contribution in [3.63, 3.8) is 0 Å². The molecule has 0 saturated carbocycles. The van der Waals surface area contributed by atoms with E-state index in [4.69, 9.17) is 27.9 Å². The number of carbonyl (C=O) groups excluding carboxylic acids is 1. The number of ether oxygens (including phenoxy) is 1. The van der Waals surface area contributed by atoms with Gasteiger partial charge in [0.15, 0.2) is 0 Å². The van der Waals surface area contributed by atoms with E-state index in [0.717, 1.165) is 27.0 Å². The number of thiophene rings is 1. The van der Waals surface area contributed by atoms with E-state index in [2.05, 4.69) is 5.10 Å². The number of nitrogens with zero attached hydrogens (tertiary/aromatic N) is 2. The third-order valence-electron chi connectivity index (χ3n) is 4.11. The van der Waals surface area contributed by atoms with E-state index >= 15 is 0 Å². The molecule has 0 bridgehead atoms. The van der Waals surface area contributed by atoms with Gasteiger partial charge in [-0.2, -0.15) is 5.10 Å². The van der Waals surface area contributed by atoms with E-state index in [1.165, 1.54) is 11.3 Å². The van der Waals surface area contributed by atoms with Gasteiger partial charge < -0.3 is 4.74 Å². The van der Waals surface area contributed by atoms with Crippen LogP contribution in [0.2, 0.25) is 10.0 Å². The van der Waals surface area contributed by atoms with Crippen LogP contribution in [0.15, 0.2) is 54.6 Å². The maximum absolute atomic E-state index is 12.5. The summed E-state index contributed by atoms with van der Waals surface area (Å²) in [6.07, 6.45) is 0. The van der Waals surface area contributed by atoms with E-state index in [1.54, 1.807) is 16.8 Å². The zero-order valence-electron chi connectivity index (χ0n) is 14.3. The minimum atomic E-state index is -0.354. The van der Waals surface area contributed by atoms with E-state index in [1.807, 2.05) is 49.5 Å². The first-order chi connectivity index (χ1) is 13.0. The molecule has 27 heavy (non-hydrogen) atoms. The monoisotopic (exact) mass is 416 g/mol. The van der Waals surface area contributed by atoms with Gasteiger partial charge in [-0.15, -0.1) is 11.3 Å². The fraction of sp³-hybridized carbons (Fsp3) is 0.100. The number of halogens is 2. The number of aromatic nitrogens is 2. The van der Waals surface area contributed by atoms with Gasteiger partial charge in [0.2, 0.25) is 0 Å². The Balaban J connectivity index is 1.59. The van der Waals surface area contributed by atoms with Crippen molar-refractivity contribution in [2.75, 3.05) is 0 Å². The molecule has 0 aliphatic rings. The van der Waals surface area contributed by atoms with Crippen LogP contribution in [-0.4, -0.2) is 15.7 Å². The zero-order valence-corrected chi connectivity index (χ0v) is 16.6. The summed E-state index contributed by atoms with van der Waals surface area (Å²) in [7, 11) is 1.86. The third kappa shape index (κ3) is 3.72. The Kier molecular flexibility index (Phi) is 4.91. The van der Waals surface area contributed by atoms with Crippen LogP contribution in [-0.2, 0) is 18.4 Å². The minimum Gasteiger partial charge on any atom is -0.457 e. The van der Waals surface area contributed by atoms with Crippen molar-refractivity contribution in [2.45, 2.75) is 6.61 Å².